The molecular weight excluding hydrogens is 188 g/mol. The van der Waals surface area contributed by atoms with Crippen molar-refractivity contribution in [2.45, 2.75) is 25.9 Å². The van der Waals surface area contributed by atoms with E-state index in [0.717, 1.165) is 5.57 Å². The molecule has 0 rings (SSSR count). The maximum absolute atomic E-state index is 10.9. The number of aliphatic hydroxyl groups is 1. The van der Waals surface area contributed by atoms with Gasteiger partial charge in [0.15, 0.2) is 6.10 Å². The Balaban J connectivity index is 3.73. The quantitative estimate of drug-likeness (QED) is 0.479. The summed E-state index contributed by atoms with van der Waals surface area (Å²) in [6.07, 6.45) is -1.71. The number of esters is 1. The molecule has 1 unspecified atom stereocenters. The SMILES string of the molecule is C=C(C)CCOC(=O)C(O)CC(=O)O. The second kappa shape index (κ2) is 6.15. The van der Waals surface area contributed by atoms with E-state index in [4.69, 9.17) is 10.2 Å². The first-order chi connectivity index (χ1) is 6.43. The van der Waals surface area contributed by atoms with Crippen LogP contribution in [0.4, 0.5) is 0 Å². The molecule has 1 atom stereocenters. The molecule has 0 bridgehead atoms. The van der Waals surface area contributed by atoms with E-state index in [2.05, 4.69) is 11.3 Å². The van der Waals surface area contributed by atoms with Gasteiger partial charge >= 0.3 is 11.9 Å². The molecule has 0 saturated heterocycles. The van der Waals surface area contributed by atoms with Crippen molar-refractivity contribution in [1.29, 1.82) is 0 Å². The summed E-state index contributed by atoms with van der Waals surface area (Å²) in [4.78, 5) is 21.0. The van der Waals surface area contributed by atoms with Gasteiger partial charge in [-0.3, -0.25) is 4.79 Å². The molecule has 0 aliphatic heterocycles. The first kappa shape index (κ1) is 12.6. The van der Waals surface area contributed by atoms with Gasteiger partial charge in [0.2, 0.25) is 0 Å². The molecule has 14 heavy (non-hydrogen) atoms. The van der Waals surface area contributed by atoms with Gasteiger partial charge in [-0.25, -0.2) is 4.79 Å². The fourth-order valence-corrected chi connectivity index (χ4v) is 0.671. The number of hydrogen-bond donors (Lipinski definition) is 2. The third-order valence-corrected chi connectivity index (χ3v) is 1.41. The Bertz CT molecular complexity index is 233. The van der Waals surface area contributed by atoms with Crippen LogP contribution in [0.15, 0.2) is 12.2 Å². The number of aliphatic carboxylic acids is 1. The molecule has 5 nitrogen and oxygen atoms in total. The Hall–Kier alpha value is -1.36. The normalized spacial score (nSPS) is 11.9. The van der Waals surface area contributed by atoms with Gasteiger partial charge < -0.3 is 14.9 Å². The summed E-state index contributed by atoms with van der Waals surface area (Å²) in [6, 6.07) is 0. The van der Waals surface area contributed by atoms with E-state index in [1.165, 1.54) is 0 Å². The Morgan fingerprint density at radius 2 is 2.07 bits per heavy atom. The van der Waals surface area contributed by atoms with Crippen molar-refractivity contribution in [3.8, 4) is 0 Å². The van der Waals surface area contributed by atoms with E-state index < -0.39 is 24.5 Å². The molecule has 2 N–H and O–H groups in total. The van der Waals surface area contributed by atoms with Crippen molar-refractivity contribution in [2.24, 2.45) is 0 Å². The molecule has 0 saturated carbocycles. The molecule has 0 fully saturated rings. The van der Waals surface area contributed by atoms with E-state index in [1.54, 1.807) is 6.92 Å². The van der Waals surface area contributed by atoms with Crippen LogP contribution in [0.25, 0.3) is 0 Å². The minimum atomic E-state index is -1.59. The lowest BCUT2D eigenvalue weighted by atomic mass is 10.2. The molecule has 0 spiro atoms. The number of carbonyl (C=O) groups is 2. The predicted octanol–water partition coefficient (Wildman–Crippen LogP) is 0.331. The van der Waals surface area contributed by atoms with Gasteiger partial charge in [0.05, 0.1) is 13.0 Å². The number of carbonyl (C=O) groups excluding carboxylic acids is 1. The van der Waals surface area contributed by atoms with Gasteiger partial charge in [-0.15, -0.1) is 6.58 Å². The van der Waals surface area contributed by atoms with Crippen LogP contribution >= 0.6 is 0 Å². The second-order valence-corrected chi connectivity index (χ2v) is 2.99. The minimum Gasteiger partial charge on any atom is -0.481 e. The van der Waals surface area contributed by atoms with E-state index in [-0.39, 0.29) is 6.61 Å². The average Bonchev–Trinajstić information content (AvgIpc) is 2.01. The van der Waals surface area contributed by atoms with Gasteiger partial charge in [-0.1, -0.05) is 5.57 Å². The zero-order valence-corrected chi connectivity index (χ0v) is 8.02. The van der Waals surface area contributed by atoms with Gasteiger partial charge in [0.25, 0.3) is 0 Å². The van der Waals surface area contributed by atoms with Gasteiger partial charge in [-0.05, 0) is 6.92 Å². The Morgan fingerprint density at radius 3 is 2.50 bits per heavy atom. The van der Waals surface area contributed by atoms with Crippen molar-refractivity contribution in [3.05, 3.63) is 12.2 Å². The highest BCUT2D eigenvalue weighted by atomic mass is 16.5. The predicted molar refractivity (Wildman–Crippen MR) is 48.6 cm³/mol. The first-order valence-corrected chi connectivity index (χ1v) is 4.14. The zero-order chi connectivity index (χ0) is 11.1. The molecule has 0 aliphatic carbocycles. The van der Waals surface area contributed by atoms with Crippen LogP contribution in [0.5, 0.6) is 0 Å². The average molecular weight is 202 g/mol. The van der Waals surface area contributed by atoms with Crippen molar-refractivity contribution in [3.63, 3.8) is 0 Å². The zero-order valence-electron chi connectivity index (χ0n) is 8.02. The fraction of sp³-hybridized carbons (Fsp3) is 0.556. The molecule has 0 heterocycles. The largest absolute Gasteiger partial charge is 0.481 e. The minimum absolute atomic E-state index is 0.116. The van der Waals surface area contributed by atoms with E-state index >= 15 is 0 Å². The number of aliphatic hydroxyl groups excluding tert-OH is 1. The Kier molecular flexibility index (Phi) is 5.55. The van der Waals surface area contributed by atoms with Crippen molar-refractivity contribution >= 4 is 11.9 Å². The summed E-state index contributed by atoms with van der Waals surface area (Å²) >= 11 is 0. The van der Waals surface area contributed by atoms with Gasteiger partial charge in [0, 0.05) is 6.42 Å². The topological polar surface area (TPSA) is 83.8 Å². The van der Waals surface area contributed by atoms with Crippen molar-refractivity contribution in [2.75, 3.05) is 6.61 Å². The van der Waals surface area contributed by atoms with Crippen LogP contribution in [-0.2, 0) is 14.3 Å². The molecule has 0 aromatic heterocycles. The summed E-state index contributed by atoms with van der Waals surface area (Å²) in [5, 5.41) is 17.2. The van der Waals surface area contributed by atoms with E-state index in [0.29, 0.717) is 6.42 Å². The standard InChI is InChI=1S/C9H14O5/c1-6(2)3-4-14-9(13)7(10)5-8(11)12/h7,10H,1,3-5H2,2H3,(H,11,12). The number of ether oxygens (including phenoxy) is 1. The highest BCUT2D eigenvalue weighted by Gasteiger charge is 2.19. The molecule has 80 valence electrons. The van der Waals surface area contributed by atoms with Crippen LogP contribution in [-0.4, -0.2) is 34.9 Å². The lowest BCUT2D eigenvalue weighted by molar-refractivity contribution is -0.158. The number of carboxylic acid groups (broad SMARTS) is 1. The summed E-state index contributed by atoms with van der Waals surface area (Å²) in [5.41, 5.74) is 0.852. The molecule has 0 aromatic rings. The molecular formula is C9H14O5. The summed E-state index contributed by atoms with van der Waals surface area (Å²) < 4.78 is 4.60. The van der Waals surface area contributed by atoms with Crippen molar-refractivity contribution < 1.29 is 24.5 Å². The first-order valence-electron chi connectivity index (χ1n) is 4.14. The van der Waals surface area contributed by atoms with Gasteiger partial charge in [0.1, 0.15) is 0 Å². The number of carboxylic acids is 1. The maximum Gasteiger partial charge on any atom is 0.335 e. The highest BCUT2D eigenvalue weighted by molar-refractivity contribution is 5.80. The molecule has 5 heteroatoms. The van der Waals surface area contributed by atoms with Crippen LogP contribution in [0, 0.1) is 0 Å². The summed E-state index contributed by atoms with van der Waals surface area (Å²) in [6.45, 7) is 5.49. The van der Waals surface area contributed by atoms with E-state index in [9.17, 15) is 9.59 Å². The summed E-state index contributed by atoms with van der Waals surface area (Å²) in [7, 11) is 0. The smallest absolute Gasteiger partial charge is 0.335 e. The highest BCUT2D eigenvalue weighted by Crippen LogP contribution is 1.99. The summed E-state index contributed by atoms with van der Waals surface area (Å²) in [5.74, 6) is -2.15. The third-order valence-electron chi connectivity index (χ3n) is 1.41. The lowest BCUT2D eigenvalue weighted by Crippen LogP contribution is -2.26. The monoisotopic (exact) mass is 202 g/mol. The molecule has 0 radical (unpaired) electrons. The number of hydrogen-bond acceptors (Lipinski definition) is 4. The van der Waals surface area contributed by atoms with Crippen LogP contribution in [0.1, 0.15) is 19.8 Å². The lowest BCUT2D eigenvalue weighted by Gasteiger charge is -2.08. The van der Waals surface area contributed by atoms with Gasteiger partial charge in [-0.2, -0.15) is 0 Å². The maximum atomic E-state index is 10.9. The van der Waals surface area contributed by atoms with Crippen LogP contribution in [0.2, 0.25) is 0 Å². The van der Waals surface area contributed by atoms with Crippen LogP contribution < -0.4 is 0 Å². The molecule has 0 aliphatic rings. The third kappa shape index (κ3) is 6.19. The second-order valence-electron chi connectivity index (χ2n) is 2.99. The fourth-order valence-electron chi connectivity index (χ4n) is 0.671. The Morgan fingerprint density at radius 1 is 1.50 bits per heavy atom. The number of rotatable bonds is 6. The molecule has 0 aromatic carbocycles. The van der Waals surface area contributed by atoms with Crippen molar-refractivity contribution in [1.82, 2.24) is 0 Å². The van der Waals surface area contributed by atoms with E-state index in [1.807, 2.05) is 0 Å². The Labute approximate surface area is 82.0 Å². The molecule has 0 amide bonds. The van der Waals surface area contributed by atoms with Crippen LogP contribution in [0.3, 0.4) is 0 Å².